The van der Waals surface area contributed by atoms with Crippen molar-refractivity contribution in [1.82, 2.24) is 0 Å². The number of furan rings is 1. The highest BCUT2D eigenvalue weighted by molar-refractivity contribution is 5.80. The van der Waals surface area contributed by atoms with Crippen molar-refractivity contribution in [3.63, 3.8) is 0 Å². The zero-order chi connectivity index (χ0) is 9.68. The van der Waals surface area contributed by atoms with Crippen molar-refractivity contribution in [1.29, 1.82) is 0 Å². The Hall–Kier alpha value is -1.05. The van der Waals surface area contributed by atoms with Crippen LogP contribution in [0, 0.1) is 5.92 Å². The Morgan fingerprint density at radius 3 is 2.85 bits per heavy atom. The van der Waals surface area contributed by atoms with Crippen LogP contribution in [0.2, 0.25) is 0 Å². The highest BCUT2D eigenvalue weighted by Crippen LogP contribution is 2.08. The Bertz CT molecular complexity index is 247. The fourth-order valence-electron chi connectivity index (χ4n) is 1.18. The number of hydrogen-bond acceptors (Lipinski definition) is 2. The fraction of sp³-hybridized carbons (Fsp3) is 0.545. The first-order valence-electron chi connectivity index (χ1n) is 4.75. The zero-order valence-electron chi connectivity index (χ0n) is 8.25. The minimum Gasteiger partial charge on any atom is -0.469 e. The molecule has 2 heteroatoms. The summed E-state index contributed by atoms with van der Waals surface area (Å²) in [5, 5.41) is 0. The van der Waals surface area contributed by atoms with Gasteiger partial charge >= 0.3 is 0 Å². The van der Waals surface area contributed by atoms with E-state index >= 15 is 0 Å². The Labute approximate surface area is 78.9 Å². The van der Waals surface area contributed by atoms with Crippen LogP contribution >= 0.6 is 0 Å². The van der Waals surface area contributed by atoms with Gasteiger partial charge in [-0.2, -0.15) is 0 Å². The van der Waals surface area contributed by atoms with Crippen molar-refractivity contribution in [2.75, 3.05) is 0 Å². The minimum atomic E-state index is 0.164. The average molecular weight is 180 g/mol. The van der Waals surface area contributed by atoms with Gasteiger partial charge in [0.2, 0.25) is 0 Å². The summed E-state index contributed by atoms with van der Waals surface area (Å²) in [6, 6.07) is 3.82. The molecule has 0 aliphatic carbocycles. The molecule has 72 valence electrons. The molecule has 0 aliphatic heterocycles. The summed E-state index contributed by atoms with van der Waals surface area (Å²) in [5.41, 5.74) is 0. The highest BCUT2D eigenvalue weighted by Gasteiger charge is 2.06. The SMILES string of the molecule is CC(C)C(=O)CCCc1ccco1. The summed E-state index contributed by atoms with van der Waals surface area (Å²) >= 11 is 0. The van der Waals surface area contributed by atoms with Crippen molar-refractivity contribution < 1.29 is 9.21 Å². The Morgan fingerprint density at radius 2 is 2.31 bits per heavy atom. The Morgan fingerprint density at radius 1 is 1.54 bits per heavy atom. The van der Waals surface area contributed by atoms with Gasteiger partial charge in [0.1, 0.15) is 11.5 Å². The molecule has 0 atom stereocenters. The largest absolute Gasteiger partial charge is 0.469 e. The predicted octanol–water partition coefficient (Wildman–Crippen LogP) is 2.83. The van der Waals surface area contributed by atoms with Gasteiger partial charge in [-0.15, -0.1) is 0 Å². The molecule has 13 heavy (non-hydrogen) atoms. The third kappa shape index (κ3) is 3.45. The van der Waals surface area contributed by atoms with Gasteiger partial charge in [-0.05, 0) is 18.6 Å². The van der Waals surface area contributed by atoms with Crippen molar-refractivity contribution in [2.24, 2.45) is 5.92 Å². The summed E-state index contributed by atoms with van der Waals surface area (Å²) in [6.45, 7) is 3.88. The number of ketones is 1. The maximum atomic E-state index is 11.2. The molecule has 0 N–H and O–H groups in total. The van der Waals surface area contributed by atoms with Crippen LogP contribution in [0.5, 0.6) is 0 Å². The van der Waals surface area contributed by atoms with E-state index in [1.54, 1.807) is 6.26 Å². The van der Waals surface area contributed by atoms with Crippen LogP contribution in [-0.4, -0.2) is 5.78 Å². The first-order valence-corrected chi connectivity index (χ1v) is 4.75. The van der Waals surface area contributed by atoms with E-state index in [-0.39, 0.29) is 5.92 Å². The maximum absolute atomic E-state index is 11.2. The Kier molecular flexibility index (Phi) is 3.74. The summed E-state index contributed by atoms with van der Waals surface area (Å²) in [4.78, 5) is 11.2. The molecule has 1 heterocycles. The second-order valence-electron chi connectivity index (χ2n) is 3.55. The molecule has 0 fully saturated rings. The smallest absolute Gasteiger partial charge is 0.135 e. The van der Waals surface area contributed by atoms with E-state index < -0.39 is 0 Å². The van der Waals surface area contributed by atoms with E-state index in [1.807, 2.05) is 26.0 Å². The maximum Gasteiger partial charge on any atom is 0.135 e. The van der Waals surface area contributed by atoms with Gasteiger partial charge in [0.15, 0.2) is 0 Å². The first-order chi connectivity index (χ1) is 6.20. The van der Waals surface area contributed by atoms with E-state index in [1.165, 1.54) is 0 Å². The van der Waals surface area contributed by atoms with E-state index in [4.69, 9.17) is 4.42 Å². The van der Waals surface area contributed by atoms with Crippen LogP contribution in [-0.2, 0) is 11.2 Å². The highest BCUT2D eigenvalue weighted by atomic mass is 16.3. The van der Waals surface area contributed by atoms with E-state index in [2.05, 4.69) is 0 Å². The molecular formula is C11H16O2. The quantitative estimate of drug-likeness (QED) is 0.697. The second-order valence-corrected chi connectivity index (χ2v) is 3.55. The summed E-state index contributed by atoms with van der Waals surface area (Å²) in [6.07, 6.45) is 4.09. The van der Waals surface area contributed by atoms with E-state index in [9.17, 15) is 4.79 Å². The van der Waals surface area contributed by atoms with Crippen molar-refractivity contribution in [3.05, 3.63) is 24.2 Å². The summed E-state index contributed by atoms with van der Waals surface area (Å²) in [7, 11) is 0. The van der Waals surface area contributed by atoms with Crippen LogP contribution < -0.4 is 0 Å². The van der Waals surface area contributed by atoms with Crippen molar-refractivity contribution in [3.8, 4) is 0 Å². The van der Waals surface area contributed by atoms with Gasteiger partial charge in [-0.3, -0.25) is 4.79 Å². The molecule has 1 aromatic heterocycles. The number of hydrogen-bond donors (Lipinski definition) is 0. The average Bonchev–Trinajstić information content (AvgIpc) is 2.56. The number of carbonyl (C=O) groups excluding carboxylic acids is 1. The van der Waals surface area contributed by atoms with Crippen LogP contribution in [0.1, 0.15) is 32.4 Å². The Balaban J connectivity index is 2.18. The lowest BCUT2D eigenvalue weighted by Gasteiger charge is -2.01. The topological polar surface area (TPSA) is 30.2 Å². The zero-order valence-corrected chi connectivity index (χ0v) is 8.25. The van der Waals surface area contributed by atoms with Gasteiger partial charge in [0.05, 0.1) is 6.26 Å². The molecular weight excluding hydrogens is 164 g/mol. The number of carbonyl (C=O) groups is 1. The number of aryl methyl sites for hydroxylation is 1. The molecule has 0 aromatic carbocycles. The normalized spacial score (nSPS) is 10.7. The molecule has 0 amide bonds. The third-order valence-corrected chi connectivity index (χ3v) is 2.07. The first kappa shape index (κ1) is 10.0. The van der Waals surface area contributed by atoms with Crippen LogP contribution in [0.15, 0.2) is 22.8 Å². The van der Waals surface area contributed by atoms with Gasteiger partial charge in [-0.1, -0.05) is 13.8 Å². The molecule has 0 saturated carbocycles. The van der Waals surface area contributed by atoms with Gasteiger partial charge in [-0.25, -0.2) is 0 Å². The summed E-state index contributed by atoms with van der Waals surface area (Å²) in [5.74, 6) is 1.47. The molecule has 0 saturated heterocycles. The molecule has 0 spiro atoms. The van der Waals surface area contributed by atoms with Gasteiger partial charge in [0.25, 0.3) is 0 Å². The van der Waals surface area contributed by atoms with Crippen LogP contribution in [0.25, 0.3) is 0 Å². The standard InChI is InChI=1S/C11H16O2/c1-9(2)11(12)7-3-5-10-6-4-8-13-10/h4,6,8-9H,3,5,7H2,1-2H3. The van der Waals surface area contributed by atoms with E-state index in [0.29, 0.717) is 12.2 Å². The predicted molar refractivity (Wildman–Crippen MR) is 51.5 cm³/mol. The molecule has 0 unspecified atom stereocenters. The lowest BCUT2D eigenvalue weighted by atomic mass is 10.0. The van der Waals surface area contributed by atoms with Crippen LogP contribution in [0.3, 0.4) is 0 Å². The molecule has 0 bridgehead atoms. The van der Waals surface area contributed by atoms with Crippen LogP contribution in [0.4, 0.5) is 0 Å². The van der Waals surface area contributed by atoms with Gasteiger partial charge < -0.3 is 4.42 Å². The number of Topliss-reactive ketones (excluding diaryl/α,β-unsaturated/α-hetero) is 1. The summed E-state index contributed by atoms with van der Waals surface area (Å²) < 4.78 is 5.16. The molecule has 2 nitrogen and oxygen atoms in total. The number of rotatable bonds is 5. The third-order valence-electron chi connectivity index (χ3n) is 2.07. The monoisotopic (exact) mass is 180 g/mol. The fourth-order valence-corrected chi connectivity index (χ4v) is 1.18. The lowest BCUT2D eigenvalue weighted by Crippen LogP contribution is -2.06. The molecule has 0 radical (unpaired) electrons. The van der Waals surface area contributed by atoms with E-state index in [0.717, 1.165) is 18.6 Å². The second kappa shape index (κ2) is 4.85. The molecule has 1 rings (SSSR count). The van der Waals surface area contributed by atoms with Gasteiger partial charge in [0, 0.05) is 18.8 Å². The molecule has 1 aromatic rings. The lowest BCUT2D eigenvalue weighted by molar-refractivity contribution is -0.121. The van der Waals surface area contributed by atoms with Crippen molar-refractivity contribution >= 4 is 5.78 Å². The molecule has 0 aliphatic rings. The minimum absolute atomic E-state index is 0.164. The van der Waals surface area contributed by atoms with Crippen molar-refractivity contribution in [2.45, 2.75) is 33.1 Å².